The molecule has 0 saturated carbocycles. The van der Waals surface area contributed by atoms with Crippen LogP contribution in [0, 0.1) is 11.3 Å². The van der Waals surface area contributed by atoms with Crippen LogP contribution < -0.4 is 9.47 Å². The third-order valence-electron chi connectivity index (χ3n) is 5.04. The Morgan fingerprint density at radius 1 is 0.971 bits per heavy atom. The van der Waals surface area contributed by atoms with E-state index in [-0.39, 0.29) is 17.0 Å². The molecule has 0 bridgehead atoms. The highest BCUT2D eigenvalue weighted by Gasteiger charge is 2.33. The number of methoxy groups -OCH3 is 3. The molecule has 0 radical (unpaired) electrons. The fraction of sp³-hybridized carbons (Fsp3) is 0.280. The van der Waals surface area contributed by atoms with Crippen LogP contribution in [0.3, 0.4) is 0 Å². The molecule has 0 fully saturated rings. The highest BCUT2D eigenvalue weighted by atomic mass is 16.5. The number of hydrogen-bond donors (Lipinski definition) is 0. The van der Waals surface area contributed by atoms with Crippen molar-refractivity contribution < 1.29 is 28.5 Å². The molecule has 3 rings (SSSR count). The quantitative estimate of drug-likeness (QED) is 0.325. The number of unbranched alkanes of at least 4 members (excludes halogenated alkanes) is 2. The second-order valence-corrected chi connectivity index (χ2v) is 7.10. The van der Waals surface area contributed by atoms with Crippen molar-refractivity contribution in [3.05, 3.63) is 59.8 Å². The molecule has 0 aliphatic rings. The summed E-state index contributed by atoms with van der Waals surface area (Å²) in [5, 5.41) is 13.4. The topological polar surface area (TPSA) is 113 Å². The molecular weight excluding hydrogens is 438 g/mol. The average Bonchev–Trinajstić information content (AvgIpc) is 3.28. The SMILES string of the molecule is COC(=O)c1c(-c2cccc(OC)c2OCCCCC#N)nn(-c2ccccc2)c1C(=O)OC. The molecule has 176 valence electrons. The van der Waals surface area contributed by atoms with E-state index in [2.05, 4.69) is 11.2 Å². The standard InChI is InChI=1S/C25H25N3O6/c1-31-19-14-10-13-18(23(19)34-16-9-5-8-15-26)21-20(24(29)32-2)22(25(30)33-3)28(27-21)17-11-6-4-7-12-17/h4,6-7,10-14H,5,8-9,16H2,1-3H3. The predicted molar refractivity (Wildman–Crippen MR) is 123 cm³/mol. The van der Waals surface area contributed by atoms with Crippen molar-refractivity contribution in [2.45, 2.75) is 19.3 Å². The number of hydrogen-bond acceptors (Lipinski definition) is 8. The zero-order chi connectivity index (χ0) is 24.5. The Labute approximate surface area is 197 Å². The molecule has 0 N–H and O–H groups in total. The lowest BCUT2D eigenvalue weighted by Gasteiger charge is -2.14. The first kappa shape index (κ1) is 24.3. The van der Waals surface area contributed by atoms with Gasteiger partial charge in [0, 0.05) is 12.0 Å². The Morgan fingerprint density at radius 2 is 1.71 bits per heavy atom. The molecule has 1 heterocycles. The molecule has 9 heteroatoms. The van der Waals surface area contributed by atoms with Gasteiger partial charge >= 0.3 is 11.9 Å². The summed E-state index contributed by atoms with van der Waals surface area (Å²) in [5.41, 5.74) is 1.06. The lowest BCUT2D eigenvalue weighted by atomic mass is 10.0. The van der Waals surface area contributed by atoms with Crippen molar-refractivity contribution in [3.63, 3.8) is 0 Å². The van der Waals surface area contributed by atoms with E-state index in [1.54, 1.807) is 42.5 Å². The molecule has 0 saturated heterocycles. The van der Waals surface area contributed by atoms with Crippen LogP contribution in [0.2, 0.25) is 0 Å². The van der Waals surface area contributed by atoms with Gasteiger partial charge in [0.05, 0.1) is 39.7 Å². The van der Waals surface area contributed by atoms with Gasteiger partial charge in [0.1, 0.15) is 11.3 Å². The van der Waals surface area contributed by atoms with Gasteiger partial charge in [-0.3, -0.25) is 0 Å². The Kier molecular flexibility index (Phi) is 8.24. The number of ether oxygens (including phenoxy) is 4. The summed E-state index contributed by atoms with van der Waals surface area (Å²) in [6, 6.07) is 16.2. The molecule has 0 aliphatic carbocycles. The van der Waals surface area contributed by atoms with Crippen molar-refractivity contribution in [2.75, 3.05) is 27.9 Å². The molecule has 34 heavy (non-hydrogen) atoms. The van der Waals surface area contributed by atoms with E-state index in [9.17, 15) is 9.59 Å². The van der Waals surface area contributed by atoms with Crippen LogP contribution in [0.15, 0.2) is 48.5 Å². The van der Waals surface area contributed by atoms with Crippen LogP contribution >= 0.6 is 0 Å². The Balaban J connectivity index is 2.23. The van der Waals surface area contributed by atoms with E-state index in [0.29, 0.717) is 48.6 Å². The van der Waals surface area contributed by atoms with Gasteiger partial charge in [-0.05, 0) is 37.1 Å². The number of rotatable bonds is 10. The monoisotopic (exact) mass is 463 g/mol. The molecule has 2 aromatic carbocycles. The minimum absolute atomic E-state index is 0.0548. The molecule has 0 atom stereocenters. The number of para-hydroxylation sites is 2. The Hall–Kier alpha value is -4.32. The minimum atomic E-state index is -0.750. The number of nitriles is 1. The van der Waals surface area contributed by atoms with Crippen molar-refractivity contribution in [2.24, 2.45) is 0 Å². The van der Waals surface area contributed by atoms with Crippen LogP contribution in [-0.4, -0.2) is 49.7 Å². The van der Waals surface area contributed by atoms with Crippen LogP contribution in [0.4, 0.5) is 0 Å². The first-order valence-electron chi connectivity index (χ1n) is 10.6. The summed E-state index contributed by atoms with van der Waals surface area (Å²) in [5.74, 6) is -0.700. The highest BCUT2D eigenvalue weighted by molar-refractivity contribution is 6.07. The smallest absolute Gasteiger partial charge is 0.357 e. The van der Waals surface area contributed by atoms with E-state index >= 15 is 0 Å². The van der Waals surface area contributed by atoms with Gasteiger partial charge < -0.3 is 18.9 Å². The van der Waals surface area contributed by atoms with E-state index in [4.69, 9.17) is 24.2 Å². The van der Waals surface area contributed by atoms with E-state index < -0.39 is 11.9 Å². The Morgan fingerprint density at radius 3 is 2.35 bits per heavy atom. The fourth-order valence-corrected chi connectivity index (χ4v) is 3.44. The van der Waals surface area contributed by atoms with Crippen molar-refractivity contribution in [3.8, 4) is 34.5 Å². The molecule has 0 unspecified atom stereocenters. The number of carbonyl (C=O) groups is 2. The first-order valence-corrected chi connectivity index (χ1v) is 10.6. The third-order valence-corrected chi connectivity index (χ3v) is 5.04. The third kappa shape index (κ3) is 5.02. The molecule has 0 amide bonds. The maximum atomic E-state index is 12.9. The van der Waals surface area contributed by atoms with Crippen molar-refractivity contribution in [1.82, 2.24) is 9.78 Å². The first-order chi connectivity index (χ1) is 16.6. The normalized spacial score (nSPS) is 10.3. The van der Waals surface area contributed by atoms with Gasteiger partial charge in [-0.2, -0.15) is 10.4 Å². The summed E-state index contributed by atoms with van der Waals surface area (Å²) in [7, 11) is 3.96. The van der Waals surface area contributed by atoms with Gasteiger partial charge in [0.25, 0.3) is 0 Å². The van der Waals surface area contributed by atoms with Crippen LogP contribution in [0.5, 0.6) is 11.5 Å². The zero-order valence-corrected chi connectivity index (χ0v) is 19.2. The average molecular weight is 463 g/mol. The fourth-order valence-electron chi connectivity index (χ4n) is 3.44. The predicted octanol–water partition coefficient (Wildman–Crippen LogP) is 4.19. The number of benzene rings is 2. The molecular formula is C25H25N3O6. The minimum Gasteiger partial charge on any atom is -0.493 e. The van der Waals surface area contributed by atoms with E-state index in [0.717, 1.165) is 0 Å². The summed E-state index contributed by atoms with van der Waals surface area (Å²) in [6.07, 6.45) is 1.77. The van der Waals surface area contributed by atoms with Gasteiger partial charge in [0.2, 0.25) is 0 Å². The van der Waals surface area contributed by atoms with Crippen LogP contribution in [0.1, 0.15) is 40.1 Å². The van der Waals surface area contributed by atoms with Gasteiger partial charge in [0.15, 0.2) is 17.2 Å². The number of esters is 2. The molecule has 3 aromatic rings. The van der Waals surface area contributed by atoms with Crippen molar-refractivity contribution in [1.29, 1.82) is 5.26 Å². The number of carbonyl (C=O) groups excluding carboxylic acids is 2. The summed E-state index contributed by atoms with van der Waals surface area (Å²) in [6.45, 7) is 0.325. The zero-order valence-electron chi connectivity index (χ0n) is 19.2. The van der Waals surface area contributed by atoms with Crippen molar-refractivity contribution >= 4 is 11.9 Å². The number of nitrogens with zero attached hydrogens (tertiary/aromatic N) is 3. The van der Waals surface area contributed by atoms with Gasteiger partial charge in [-0.15, -0.1) is 0 Å². The number of aromatic nitrogens is 2. The highest BCUT2D eigenvalue weighted by Crippen LogP contribution is 2.40. The molecule has 0 aliphatic heterocycles. The van der Waals surface area contributed by atoms with Crippen LogP contribution in [-0.2, 0) is 9.47 Å². The molecule has 0 spiro atoms. The van der Waals surface area contributed by atoms with Gasteiger partial charge in [-0.1, -0.05) is 24.3 Å². The maximum Gasteiger partial charge on any atom is 0.357 e. The molecule has 9 nitrogen and oxygen atoms in total. The largest absolute Gasteiger partial charge is 0.493 e. The van der Waals surface area contributed by atoms with Crippen LogP contribution in [0.25, 0.3) is 16.9 Å². The maximum absolute atomic E-state index is 12.9. The lowest BCUT2D eigenvalue weighted by Crippen LogP contribution is -2.15. The summed E-state index contributed by atoms with van der Waals surface area (Å²) < 4.78 is 22.8. The second-order valence-electron chi connectivity index (χ2n) is 7.10. The summed E-state index contributed by atoms with van der Waals surface area (Å²) >= 11 is 0. The van der Waals surface area contributed by atoms with E-state index in [1.807, 2.05) is 6.07 Å². The van der Waals surface area contributed by atoms with Gasteiger partial charge in [-0.25, -0.2) is 14.3 Å². The second kappa shape index (κ2) is 11.5. The summed E-state index contributed by atoms with van der Waals surface area (Å²) in [4.78, 5) is 25.7. The van der Waals surface area contributed by atoms with E-state index in [1.165, 1.54) is 26.0 Å². The Bertz CT molecular complexity index is 1200. The molecule has 1 aromatic heterocycles. The lowest BCUT2D eigenvalue weighted by molar-refractivity contribution is 0.0549.